The smallest absolute Gasteiger partial charge is 0.131 e. The first-order valence-electron chi connectivity index (χ1n) is 4.49. The number of aromatic nitrogens is 3. The standard InChI is InChI=1S/C10H12BrN3/c1-10(2,3)8-6-7-9(11)12-4-5-14(7)13-8/h4-6H,1-3H3. The largest absolute Gasteiger partial charge is 0.245 e. The summed E-state index contributed by atoms with van der Waals surface area (Å²) in [5.74, 6) is 0. The third-order valence-corrected chi connectivity index (χ3v) is 2.72. The van der Waals surface area contributed by atoms with Crippen molar-refractivity contribution in [1.82, 2.24) is 14.6 Å². The molecule has 2 aromatic heterocycles. The van der Waals surface area contributed by atoms with Crippen LogP contribution in [-0.4, -0.2) is 14.6 Å². The van der Waals surface area contributed by atoms with Crippen LogP contribution in [0.15, 0.2) is 23.1 Å². The zero-order chi connectivity index (χ0) is 10.3. The predicted octanol–water partition coefficient (Wildman–Crippen LogP) is 2.79. The summed E-state index contributed by atoms with van der Waals surface area (Å²) in [6.45, 7) is 6.45. The lowest BCUT2D eigenvalue weighted by atomic mass is 9.92. The molecule has 0 aliphatic rings. The second kappa shape index (κ2) is 3.05. The van der Waals surface area contributed by atoms with Gasteiger partial charge in [0.05, 0.1) is 11.2 Å². The summed E-state index contributed by atoms with van der Waals surface area (Å²) < 4.78 is 2.68. The third kappa shape index (κ3) is 1.54. The lowest BCUT2D eigenvalue weighted by molar-refractivity contribution is 0.562. The summed E-state index contributed by atoms with van der Waals surface area (Å²) in [7, 11) is 0. The van der Waals surface area contributed by atoms with Gasteiger partial charge in [-0.05, 0) is 22.0 Å². The van der Waals surface area contributed by atoms with Gasteiger partial charge in [0.15, 0.2) is 0 Å². The van der Waals surface area contributed by atoms with Crippen molar-refractivity contribution < 1.29 is 0 Å². The first-order valence-corrected chi connectivity index (χ1v) is 5.28. The van der Waals surface area contributed by atoms with Gasteiger partial charge in [-0.1, -0.05) is 20.8 Å². The molecule has 3 nitrogen and oxygen atoms in total. The molecule has 0 spiro atoms. The molecule has 0 fully saturated rings. The summed E-state index contributed by atoms with van der Waals surface area (Å²) in [6.07, 6.45) is 3.59. The van der Waals surface area contributed by atoms with Crippen LogP contribution in [-0.2, 0) is 5.41 Å². The Morgan fingerprint density at radius 3 is 2.64 bits per heavy atom. The van der Waals surface area contributed by atoms with Crippen molar-refractivity contribution in [3.8, 4) is 0 Å². The first kappa shape index (κ1) is 9.65. The Bertz CT molecular complexity index is 468. The van der Waals surface area contributed by atoms with Crippen LogP contribution in [0.25, 0.3) is 5.52 Å². The number of rotatable bonds is 0. The van der Waals surface area contributed by atoms with E-state index in [0.717, 1.165) is 15.8 Å². The maximum Gasteiger partial charge on any atom is 0.131 e. The van der Waals surface area contributed by atoms with E-state index in [4.69, 9.17) is 0 Å². The van der Waals surface area contributed by atoms with E-state index >= 15 is 0 Å². The highest BCUT2D eigenvalue weighted by molar-refractivity contribution is 9.10. The monoisotopic (exact) mass is 253 g/mol. The molecule has 0 aliphatic carbocycles. The Labute approximate surface area is 91.3 Å². The van der Waals surface area contributed by atoms with Gasteiger partial charge in [-0.25, -0.2) is 9.50 Å². The van der Waals surface area contributed by atoms with Gasteiger partial charge < -0.3 is 0 Å². The van der Waals surface area contributed by atoms with Gasteiger partial charge in [0.25, 0.3) is 0 Å². The SMILES string of the molecule is CC(C)(C)c1cc2c(Br)nccn2n1. The molecule has 2 rings (SSSR count). The normalized spacial score (nSPS) is 12.3. The van der Waals surface area contributed by atoms with Crippen molar-refractivity contribution in [3.63, 3.8) is 0 Å². The van der Waals surface area contributed by atoms with Gasteiger partial charge in [0, 0.05) is 17.8 Å². The van der Waals surface area contributed by atoms with Gasteiger partial charge in [-0.3, -0.25) is 0 Å². The Morgan fingerprint density at radius 1 is 1.36 bits per heavy atom. The molecule has 0 radical (unpaired) electrons. The fraction of sp³-hybridized carbons (Fsp3) is 0.400. The quantitative estimate of drug-likeness (QED) is 0.723. The number of hydrogen-bond acceptors (Lipinski definition) is 2. The van der Waals surface area contributed by atoms with Gasteiger partial charge in [0.1, 0.15) is 4.60 Å². The fourth-order valence-electron chi connectivity index (χ4n) is 1.26. The predicted molar refractivity (Wildman–Crippen MR) is 59.4 cm³/mol. The molecule has 0 saturated heterocycles. The molecule has 0 bridgehead atoms. The topological polar surface area (TPSA) is 30.2 Å². The fourth-order valence-corrected chi connectivity index (χ4v) is 1.67. The molecule has 2 aromatic rings. The molecule has 4 heteroatoms. The average molecular weight is 254 g/mol. The van der Waals surface area contributed by atoms with Crippen LogP contribution in [0.2, 0.25) is 0 Å². The van der Waals surface area contributed by atoms with Crippen LogP contribution >= 0.6 is 15.9 Å². The summed E-state index contributed by atoms with van der Waals surface area (Å²) in [5.41, 5.74) is 2.16. The minimum atomic E-state index is 0.0749. The molecular formula is C10H12BrN3. The maximum atomic E-state index is 4.49. The molecule has 0 unspecified atom stereocenters. The van der Waals surface area contributed by atoms with Crippen molar-refractivity contribution in [2.45, 2.75) is 26.2 Å². The van der Waals surface area contributed by atoms with Gasteiger partial charge in [0.2, 0.25) is 0 Å². The highest BCUT2D eigenvalue weighted by Gasteiger charge is 2.18. The lowest BCUT2D eigenvalue weighted by Gasteiger charge is -2.13. The van der Waals surface area contributed by atoms with Crippen LogP contribution in [0.1, 0.15) is 26.5 Å². The van der Waals surface area contributed by atoms with Crippen molar-refractivity contribution in [2.75, 3.05) is 0 Å². The number of nitrogens with zero attached hydrogens (tertiary/aromatic N) is 3. The molecule has 0 aliphatic heterocycles. The van der Waals surface area contributed by atoms with Crippen molar-refractivity contribution in [2.24, 2.45) is 0 Å². The number of fused-ring (bicyclic) bond motifs is 1. The Kier molecular flexibility index (Phi) is 2.10. The van der Waals surface area contributed by atoms with Crippen molar-refractivity contribution >= 4 is 21.4 Å². The van der Waals surface area contributed by atoms with Crippen LogP contribution in [0, 0.1) is 0 Å². The van der Waals surface area contributed by atoms with Gasteiger partial charge >= 0.3 is 0 Å². The van der Waals surface area contributed by atoms with E-state index in [0.29, 0.717) is 0 Å². The lowest BCUT2D eigenvalue weighted by Crippen LogP contribution is -2.11. The second-order valence-corrected chi connectivity index (χ2v) is 5.08. The molecule has 0 saturated carbocycles. The summed E-state index contributed by atoms with van der Waals surface area (Å²) in [6, 6.07) is 2.07. The van der Waals surface area contributed by atoms with Crippen molar-refractivity contribution in [3.05, 3.63) is 28.8 Å². The maximum absolute atomic E-state index is 4.49. The molecular weight excluding hydrogens is 242 g/mol. The zero-order valence-electron chi connectivity index (χ0n) is 8.45. The van der Waals surface area contributed by atoms with Crippen LogP contribution in [0.5, 0.6) is 0 Å². The van der Waals surface area contributed by atoms with E-state index in [1.807, 2.05) is 10.7 Å². The summed E-state index contributed by atoms with van der Waals surface area (Å²) in [4.78, 5) is 4.16. The molecule has 14 heavy (non-hydrogen) atoms. The summed E-state index contributed by atoms with van der Waals surface area (Å²) in [5, 5.41) is 4.49. The third-order valence-electron chi connectivity index (χ3n) is 2.11. The Morgan fingerprint density at radius 2 is 2.07 bits per heavy atom. The zero-order valence-corrected chi connectivity index (χ0v) is 10.0. The van der Waals surface area contributed by atoms with E-state index in [2.05, 4.69) is 52.9 Å². The van der Waals surface area contributed by atoms with Crippen LogP contribution in [0.4, 0.5) is 0 Å². The molecule has 74 valence electrons. The highest BCUT2D eigenvalue weighted by Crippen LogP contribution is 2.24. The minimum absolute atomic E-state index is 0.0749. The van der Waals surface area contributed by atoms with Gasteiger partial charge in [-0.2, -0.15) is 5.10 Å². The molecule has 0 aromatic carbocycles. The van der Waals surface area contributed by atoms with Crippen LogP contribution < -0.4 is 0 Å². The highest BCUT2D eigenvalue weighted by atomic mass is 79.9. The molecule has 0 N–H and O–H groups in total. The van der Waals surface area contributed by atoms with E-state index < -0.39 is 0 Å². The van der Waals surface area contributed by atoms with E-state index in [1.165, 1.54) is 0 Å². The van der Waals surface area contributed by atoms with Gasteiger partial charge in [-0.15, -0.1) is 0 Å². The molecule has 0 amide bonds. The Hall–Kier alpha value is -0.900. The average Bonchev–Trinajstić information content (AvgIpc) is 2.48. The second-order valence-electron chi connectivity index (χ2n) is 4.33. The number of halogens is 1. The van der Waals surface area contributed by atoms with E-state index in [9.17, 15) is 0 Å². The Balaban J connectivity index is 2.69. The van der Waals surface area contributed by atoms with Crippen LogP contribution in [0.3, 0.4) is 0 Å². The van der Waals surface area contributed by atoms with E-state index in [-0.39, 0.29) is 5.41 Å². The number of hydrogen-bond donors (Lipinski definition) is 0. The minimum Gasteiger partial charge on any atom is -0.245 e. The van der Waals surface area contributed by atoms with E-state index in [1.54, 1.807) is 6.20 Å². The first-order chi connectivity index (χ1) is 6.48. The molecule has 0 atom stereocenters. The molecule has 2 heterocycles. The van der Waals surface area contributed by atoms with Crippen molar-refractivity contribution in [1.29, 1.82) is 0 Å². The summed E-state index contributed by atoms with van der Waals surface area (Å²) >= 11 is 3.40.